The molecule has 0 aromatic carbocycles. The summed E-state index contributed by atoms with van der Waals surface area (Å²) in [5, 5.41) is 6.29. The fourth-order valence-electron chi connectivity index (χ4n) is 0.741. The minimum Gasteiger partial charge on any atom is -0.359 e. The molecule has 5 heteroatoms. The molecular weight excluding hydrogens is 176 g/mol. The summed E-state index contributed by atoms with van der Waals surface area (Å²) in [6.45, 7) is 2.20. The molecule has 12 heavy (non-hydrogen) atoms. The molecule has 0 saturated carbocycles. The van der Waals surface area contributed by atoms with Gasteiger partial charge in [-0.05, 0) is 6.92 Å². The fraction of sp³-hybridized carbons (Fsp3) is 0.429. The topological polar surface area (TPSA) is 55.1 Å². The maximum Gasteiger partial charge on any atom is 0.230 e. The number of aromatic nitrogens is 1. The number of carbonyl (C=O) groups is 1. The largest absolute Gasteiger partial charge is 0.359 e. The van der Waals surface area contributed by atoms with Gasteiger partial charge in [-0.3, -0.25) is 4.79 Å². The summed E-state index contributed by atoms with van der Waals surface area (Å²) in [4.78, 5) is 10.7. The number of hydrogen-bond donors (Lipinski definition) is 2. The van der Waals surface area contributed by atoms with Gasteiger partial charge in [0.1, 0.15) is 0 Å². The molecular formula is C7H10N2O2S. The highest BCUT2D eigenvalue weighted by atomic mass is 32.1. The van der Waals surface area contributed by atoms with Gasteiger partial charge in [0.15, 0.2) is 5.76 Å². The maximum atomic E-state index is 10.7. The highest BCUT2D eigenvalue weighted by Gasteiger charge is 2.01. The zero-order valence-corrected chi connectivity index (χ0v) is 7.60. The molecule has 0 aliphatic rings. The number of nitrogens with one attached hydrogen (secondary N) is 1. The average Bonchev–Trinajstić information content (AvgIpc) is 2.47. The van der Waals surface area contributed by atoms with Crippen LogP contribution >= 0.6 is 12.6 Å². The van der Waals surface area contributed by atoms with E-state index < -0.39 is 0 Å². The van der Waals surface area contributed by atoms with Crippen molar-refractivity contribution >= 4 is 18.5 Å². The Hall–Kier alpha value is -0.970. The molecule has 1 heterocycles. The van der Waals surface area contributed by atoms with E-state index in [1.54, 1.807) is 6.07 Å². The lowest BCUT2D eigenvalue weighted by Gasteiger charge is -1.97. The fourth-order valence-corrected chi connectivity index (χ4v) is 0.853. The second kappa shape index (κ2) is 4.15. The van der Waals surface area contributed by atoms with E-state index in [1.165, 1.54) is 0 Å². The highest BCUT2D eigenvalue weighted by Crippen LogP contribution is 2.00. The van der Waals surface area contributed by atoms with Gasteiger partial charge in [0.25, 0.3) is 0 Å². The first-order valence-electron chi connectivity index (χ1n) is 3.52. The minimum absolute atomic E-state index is 0.118. The lowest BCUT2D eigenvalue weighted by atomic mass is 10.4. The van der Waals surface area contributed by atoms with E-state index in [1.807, 2.05) is 6.92 Å². The van der Waals surface area contributed by atoms with E-state index in [0.717, 1.165) is 5.69 Å². The molecule has 0 fully saturated rings. The molecule has 1 N–H and O–H groups in total. The predicted octanol–water partition coefficient (Wildman–Crippen LogP) is 0.529. The molecule has 0 bridgehead atoms. The van der Waals surface area contributed by atoms with E-state index in [9.17, 15) is 4.79 Å². The average molecular weight is 186 g/mol. The third kappa shape index (κ3) is 2.58. The van der Waals surface area contributed by atoms with Crippen LogP contribution in [-0.2, 0) is 11.3 Å². The van der Waals surface area contributed by atoms with Gasteiger partial charge < -0.3 is 9.84 Å². The standard InChI is InChI=1S/C7H10N2O2S/c1-5-2-6(11-9-5)3-8-7(10)4-12/h2,12H,3-4H2,1H3,(H,8,10). The van der Waals surface area contributed by atoms with E-state index >= 15 is 0 Å². The van der Waals surface area contributed by atoms with E-state index in [-0.39, 0.29) is 11.7 Å². The Morgan fingerprint density at radius 1 is 1.83 bits per heavy atom. The predicted molar refractivity (Wildman–Crippen MR) is 46.9 cm³/mol. The van der Waals surface area contributed by atoms with E-state index in [4.69, 9.17) is 4.52 Å². The Morgan fingerprint density at radius 3 is 3.08 bits per heavy atom. The first-order valence-corrected chi connectivity index (χ1v) is 4.15. The smallest absolute Gasteiger partial charge is 0.230 e. The van der Waals surface area contributed by atoms with Crippen LogP contribution in [0.25, 0.3) is 0 Å². The lowest BCUT2D eigenvalue weighted by Crippen LogP contribution is -2.23. The van der Waals surface area contributed by atoms with Crippen LogP contribution in [0.3, 0.4) is 0 Å². The SMILES string of the molecule is Cc1cc(CNC(=O)CS)on1. The van der Waals surface area contributed by atoms with Gasteiger partial charge in [-0.25, -0.2) is 0 Å². The molecule has 66 valence electrons. The molecule has 0 aliphatic heterocycles. The Kier molecular flexibility index (Phi) is 3.16. The highest BCUT2D eigenvalue weighted by molar-refractivity contribution is 7.81. The summed E-state index contributed by atoms with van der Waals surface area (Å²) in [5.41, 5.74) is 0.810. The molecule has 0 spiro atoms. The van der Waals surface area contributed by atoms with Crippen LogP contribution in [0.2, 0.25) is 0 Å². The van der Waals surface area contributed by atoms with Crippen LogP contribution in [-0.4, -0.2) is 16.8 Å². The van der Waals surface area contributed by atoms with Crippen molar-refractivity contribution < 1.29 is 9.32 Å². The number of aryl methyl sites for hydroxylation is 1. The monoisotopic (exact) mass is 186 g/mol. The molecule has 0 atom stereocenters. The normalized spacial score (nSPS) is 9.83. The molecule has 0 radical (unpaired) electrons. The Morgan fingerprint density at radius 2 is 2.58 bits per heavy atom. The van der Waals surface area contributed by atoms with Gasteiger partial charge in [0, 0.05) is 6.07 Å². The number of hydrogen-bond acceptors (Lipinski definition) is 4. The van der Waals surface area contributed by atoms with Crippen molar-refractivity contribution in [2.24, 2.45) is 0 Å². The van der Waals surface area contributed by atoms with Crippen molar-refractivity contribution in [3.63, 3.8) is 0 Å². The second-order valence-electron chi connectivity index (χ2n) is 2.37. The van der Waals surface area contributed by atoms with Crippen LogP contribution in [0.15, 0.2) is 10.6 Å². The van der Waals surface area contributed by atoms with Crippen LogP contribution < -0.4 is 5.32 Å². The molecule has 0 aliphatic carbocycles. The zero-order chi connectivity index (χ0) is 8.97. The molecule has 1 rings (SSSR count). The van der Waals surface area contributed by atoms with Crippen LogP contribution in [0.5, 0.6) is 0 Å². The van der Waals surface area contributed by atoms with Crippen LogP contribution in [0.1, 0.15) is 11.5 Å². The van der Waals surface area contributed by atoms with Crippen molar-refractivity contribution in [3.8, 4) is 0 Å². The number of rotatable bonds is 3. The number of thiol groups is 1. The third-order valence-corrected chi connectivity index (χ3v) is 1.57. The molecule has 1 amide bonds. The maximum absolute atomic E-state index is 10.7. The first kappa shape index (κ1) is 9.12. The van der Waals surface area contributed by atoms with E-state index in [0.29, 0.717) is 12.3 Å². The second-order valence-corrected chi connectivity index (χ2v) is 2.69. The minimum atomic E-state index is -0.118. The van der Waals surface area contributed by atoms with Crippen LogP contribution in [0, 0.1) is 6.92 Å². The molecule has 4 nitrogen and oxygen atoms in total. The van der Waals surface area contributed by atoms with Crippen molar-refractivity contribution in [2.45, 2.75) is 13.5 Å². The van der Waals surface area contributed by atoms with Crippen LogP contribution in [0.4, 0.5) is 0 Å². The summed E-state index contributed by atoms with van der Waals surface area (Å²) in [6.07, 6.45) is 0. The summed E-state index contributed by atoms with van der Waals surface area (Å²) < 4.78 is 4.87. The van der Waals surface area contributed by atoms with Gasteiger partial charge in [0.05, 0.1) is 18.0 Å². The lowest BCUT2D eigenvalue weighted by molar-refractivity contribution is -0.118. The van der Waals surface area contributed by atoms with Crippen molar-refractivity contribution in [2.75, 3.05) is 5.75 Å². The summed E-state index contributed by atoms with van der Waals surface area (Å²) in [7, 11) is 0. The van der Waals surface area contributed by atoms with E-state index in [2.05, 4.69) is 23.1 Å². The van der Waals surface area contributed by atoms with Gasteiger partial charge in [-0.2, -0.15) is 12.6 Å². The van der Waals surface area contributed by atoms with Crippen molar-refractivity contribution in [1.29, 1.82) is 0 Å². The van der Waals surface area contributed by atoms with Crippen molar-refractivity contribution in [1.82, 2.24) is 10.5 Å². The third-order valence-electron chi connectivity index (χ3n) is 1.28. The summed E-state index contributed by atoms with van der Waals surface area (Å²) in [6, 6.07) is 1.78. The van der Waals surface area contributed by atoms with Gasteiger partial charge in [-0.1, -0.05) is 5.16 Å². The molecule has 1 aromatic rings. The quantitative estimate of drug-likeness (QED) is 0.677. The summed E-state index contributed by atoms with van der Waals surface area (Å²) >= 11 is 3.81. The van der Waals surface area contributed by atoms with Gasteiger partial charge in [0.2, 0.25) is 5.91 Å². The molecule has 0 saturated heterocycles. The Labute approximate surface area is 75.7 Å². The zero-order valence-electron chi connectivity index (χ0n) is 6.70. The number of amides is 1. The molecule has 1 aromatic heterocycles. The number of carbonyl (C=O) groups excluding carboxylic acids is 1. The van der Waals surface area contributed by atoms with Gasteiger partial charge in [-0.15, -0.1) is 0 Å². The number of nitrogens with zero attached hydrogens (tertiary/aromatic N) is 1. The Bertz CT molecular complexity index is 272. The van der Waals surface area contributed by atoms with Crippen molar-refractivity contribution in [3.05, 3.63) is 17.5 Å². The Balaban J connectivity index is 2.38. The van der Waals surface area contributed by atoms with Gasteiger partial charge >= 0.3 is 0 Å². The molecule has 0 unspecified atom stereocenters. The summed E-state index contributed by atoms with van der Waals surface area (Å²) in [5.74, 6) is 0.725. The first-order chi connectivity index (χ1) is 5.72.